The van der Waals surface area contributed by atoms with Crippen molar-refractivity contribution >= 4 is 15.7 Å². The molecule has 0 aliphatic rings. The SMILES string of the molecule is CC(C)c1ccc(S(=O)(=O)[C@@H](CNC(=O)c2ccncc2)c2ccco2)cc1. The van der Waals surface area contributed by atoms with Gasteiger partial charge in [0.15, 0.2) is 9.84 Å². The largest absolute Gasteiger partial charge is 0.468 e. The number of benzene rings is 1. The van der Waals surface area contributed by atoms with Gasteiger partial charge in [-0.15, -0.1) is 0 Å². The molecule has 1 aromatic carbocycles. The molecular formula is C21H22N2O4S. The average Bonchev–Trinajstić information content (AvgIpc) is 3.23. The van der Waals surface area contributed by atoms with Gasteiger partial charge in [0.05, 0.1) is 11.2 Å². The summed E-state index contributed by atoms with van der Waals surface area (Å²) in [6, 6.07) is 13.2. The van der Waals surface area contributed by atoms with E-state index in [0.717, 1.165) is 5.56 Å². The van der Waals surface area contributed by atoms with Gasteiger partial charge in [-0.1, -0.05) is 26.0 Å². The first kappa shape index (κ1) is 19.8. The zero-order valence-corrected chi connectivity index (χ0v) is 16.5. The Kier molecular flexibility index (Phi) is 5.94. The van der Waals surface area contributed by atoms with E-state index in [9.17, 15) is 13.2 Å². The minimum atomic E-state index is -3.77. The van der Waals surface area contributed by atoms with Crippen LogP contribution in [0.4, 0.5) is 0 Å². The Hall–Kier alpha value is -2.93. The highest BCUT2D eigenvalue weighted by Crippen LogP contribution is 2.30. The van der Waals surface area contributed by atoms with Gasteiger partial charge in [-0.05, 0) is 47.9 Å². The molecule has 146 valence electrons. The van der Waals surface area contributed by atoms with E-state index in [4.69, 9.17) is 4.42 Å². The van der Waals surface area contributed by atoms with Crippen LogP contribution in [0.25, 0.3) is 0 Å². The Morgan fingerprint density at radius 3 is 2.32 bits per heavy atom. The standard InChI is InChI=1S/C21H22N2O4S/c1-15(2)16-5-7-18(8-6-16)28(25,26)20(19-4-3-13-27-19)14-23-21(24)17-9-11-22-12-10-17/h3-13,15,20H,14H2,1-2H3,(H,23,24)/t20-/m0/s1. The van der Waals surface area contributed by atoms with Crippen molar-refractivity contribution in [1.82, 2.24) is 10.3 Å². The highest BCUT2D eigenvalue weighted by atomic mass is 32.2. The Morgan fingerprint density at radius 2 is 1.75 bits per heavy atom. The Bertz CT molecular complexity index is 1010. The molecule has 1 atom stereocenters. The van der Waals surface area contributed by atoms with E-state index in [1.165, 1.54) is 18.7 Å². The molecule has 0 spiro atoms. The van der Waals surface area contributed by atoms with Crippen LogP contribution in [0.2, 0.25) is 0 Å². The first-order chi connectivity index (χ1) is 13.4. The summed E-state index contributed by atoms with van der Waals surface area (Å²) >= 11 is 0. The first-order valence-electron chi connectivity index (χ1n) is 8.95. The van der Waals surface area contributed by atoms with Crippen LogP contribution in [0.5, 0.6) is 0 Å². The molecule has 7 heteroatoms. The number of hydrogen-bond donors (Lipinski definition) is 1. The maximum Gasteiger partial charge on any atom is 0.251 e. The third-order valence-corrected chi connectivity index (χ3v) is 6.58. The highest BCUT2D eigenvalue weighted by molar-refractivity contribution is 7.91. The third-order valence-electron chi connectivity index (χ3n) is 4.50. The molecular weight excluding hydrogens is 376 g/mol. The Morgan fingerprint density at radius 1 is 1.07 bits per heavy atom. The zero-order valence-electron chi connectivity index (χ0n) is 15.7. The number of rotatable bonds is 7. The van der Waals surface area contributed by atoms with E-state index in [2.05, 4.69) is 10.3 Å². The number of amides is 1. The number of carbonyl (C=O) groups is 1. The van der Waals surface area contributed by atoms with Gasteiger partial charge in [-0.3, -0.25) is 9.78 Å². The van der Waals surface area contributed by atoms with E-state index in [-0.39, 0.29) is 23.1 Å². The molecule has 0 saturated carbocycles. The molecule has 1 amide bonds. The molecule has 0 fully saturated rings. The molecule has 2 aromatic heterocycles. The maximum atomic E-state index is 13.2. The molecule has 0 radical (unpaired) electrons. The van der Waals surface area contributed by atoms with Gasteiger partial charge in [0.1, 0.15) is 11.0 Å². The molecule has 2 heterocycles. The van der Waals surface area contributed by atoms with E-state index in [1.807, 2.05) is 26.0 Å². The van der Waals surface area contributed by atoms with Crippen molar-refractivity contribution in [2.45, 2.75) is 29.9 Å². The monoisotopic (exact) mass is 398 g/mol. The second kappa shape index (κ2) is 8.39. The van der Waals surface area contributed by atoms with E-state index in [1.54, 1.807) is 36.4 Å². The number of nitrogens with zero attached hydrogens (tertiary/aromatic N) is 1. The van der Waals surface area contributed by atoms with Crippen LogP contribution >= 0.6 is 0 Å². The number of furan rings is 1. The van der Waals surface area contributed by atoms with Gasteiger partial charge in [-0.2, -0.15) is 0 Å². The van der Waals surface area contributed by atoms with Crippen molar-refractivity contribution in [1.29, 1.82) is 0 Å². The lowest BCUT2D eigenvalue weighted by Gasteiger charge is -2.17. The molecule has 0 saturated heterocycles. The molecule has 3 aromatic rings. The summed E-state index contributed by atoms with van der Waals surface area (Å²) < 4.78 is 31.8. The second-order valence-corrected chi connectivity index (χ2v) is 8.85. The topological polar surface area (TPSA) is 89.3 Å². The fourth-order valence-electron chi connectivity index (χ4n) is 2.84. The zero-order chi connectivity index (χ0) is 20.1. The summed E-state index contributed by atoms with van der Waals surface area (Å²) in [5.41, 5.74) is 1.46. The number of aromatic nitrogens is 1. The van der Waals surface area contributed by atoms with Crippen LogP contribution in [-0.4, -0.2) is 25.9 Å². The molecule has 0 aliphatic heterocycles. The number of sulfone groups is 1. The number of pyridine rings is 1. The predicted molar refractivity (Wildman–Crippen MR) is 106 cm³/mol. The number of nitrogens with one attached hydrogen (secondary N) is 1. The summed E-state index contributed by atoms with van der Waals surface area (Å²) in [5.74, 6) is 0.213. The normalized spacial score (nSPS) is 12.7. The van der Waals surface area contributed by atoms with Gasteiger partial charge >= 0.3 is 0 Å². The van der Waals surface area contributed by atoms with Crippen LogP contribution in [-0.2, 0) is 9.84 Å². The van der Waals surface area contributed by atoms with E-state index >= 15 is 0 Å². The average molecular weight is 398 g/mol. The van der Waals surface area contributed by atoms with Crippen molar-refractivity contribution in [3.8, 4) is 0 Å². The van der Waals surface area contributed by atoms with Crippen LogP contribution in [0.1, 0.15) is 46.7 Å². The number of carbonyl (C=O) groups excluding carboxylic acids is 1. The third kappa shape index (κ3) is 4.31. The van der Waals surface area contributed by atoms with Gasteiger partial charge in [0.25, 0.3) is 5.91 Å². The Balaban J connectivity index is 1.86. The fourth-order valence-corrected chi connectivity index (χ4v) is 4.42. The second-order valence-electron chi connectivity index (χ2n) is 6.72. The van der Waals surface area contributed by atoms with Gasteiger partial charge in [0.2, 0.25) is 0 Å². The van der Waals surface area contributed by atoms with Crippen molar-refractivity contribution in [2.75, 3.05) is 6.54 Å². The summed E-state index contributed by atoms with van der Waals surface area (Å²) in [4.78, 5) is 16.4. The molecule has 1 N–H and O–H groups in total. The smallest absolute Gasteiger partial charge is 0.251 e. The molecule has 0 bridgehead atoms. The highest BCUT2D eigenvalue weighted by Gasteiger charge is 2.32. The Labute approximate surface area is 164 Å². The molecule has 6 nitrogen and oxygen atoms in total. The van der Waals surface area contributed by atoms with Crippen molar-refractivity contribution in [2.24, 2.45) is 0 Å². The van der Waals surface area contributed by atoms with Gasteiger partial charge < -0.3 is 9.73 Å². The lowest BCUT2D eigenvalue weighted by atomic mass is 10.0. The van der Waals surface area contributed by atoms with Crippen LogP contribution in [0.15, 0.2) is 76.5 Å². The van der Waals surface area contributed by atoms with Gasteiger partial charge in [0, 0.05) is 24.5 Å². The predicted octanol–water partition coefficient (Wildman–Crippen LogP) is 3.74. The lowest BCUT2D eigenvalue weighted by molar-refractivity contribution is 0.0953. The van der Waals surface area contributed by atoms with Crippen LogP contribution in [0.3, 0.4) is 0 Å². The molecule has 0 aliphatic carbocycles. The number of hydrogen-bond acceptors (Lipinski definition) is 5. The minimum absolute atomic E-state index is 0.108. The minimum Gasteiger partial charge on any atom is -0.468 e. The van der Waals surface area contributed by atoms with E-state index in [0.29, 0.717) is 11.5 Å². The summed E-state index contributed by atoms with van der Waals surface area (Å²) in [6.45, 7) is 3.98. The van der Waals surface area contributed by atoms with Crippen molar-refractivity contribution in [3.63, 3.8) is 0 Å². The van der Waals surface area contributed by atoms with E-state index < -0.39 is 15.1 Å². The molecule has 3 rings (SSSR count). The van der Waals surface area contributed by atoms with Crippen LogP contribution < -0.4 is 5.32 Å². The molecule has 0 unspecified atom stereocenters. The first-order valence-corrected chi connectivity index (χ1v) is 10.5. The maximum absolute atomic E-state index is 13.2. The molecule has 28 heavy (non-hydrogen) atoms. The van der Waals surface area contributed by atoms with Gasteiger partial charge in [-0.25, -0.2) is 8.42 Å². The lowest BCUT2D eigenvalue weighted by Crippen LogP contribution is -2.31. The summed E-state index contributed by atoms with van der Waals surface area (Å²) in [7, 11) is -3.77. The quantitative estimate of drug-likeness (QED) is 0.655. The van der Waals surface area contributed by atoms with Crippen LogP contribution in [0, 0.1) is 0 Å². The summed E-state index contributed by atoms with van der Waals surface area (Å²) in [5, 5.41) is 1.66. The van der Waals surface area contributed by atoms with Crippen molar-refractivity contribution < 1.29 is 17.6 Å². The fraction of sp³-hybridized carbons (Fsp3) is 0.238. The van der Waals surface area contributed by atoms with Crippen molar-refractivity contribution in [3.05, 3.63) is 84.1 Å². The summed E-state index contributed by atoms with van der Waals surface area (Å²) in [6.07, 6.45) is 4.43.